The highest BCUT2D eigenvalue weighted by Gasteiger charge is 2.18. The average Bonchev–Trinajstić information content (AvgIpc) is 3.25. The van der Waals surface area contributed by atoms with Crippen LogP contribution in [0.3, 0.4) is 0 Å². The van der Waals surface area contributed by atoms with E-state index in [1.54, 1.807) is 10.7 Å². The minimum Gasteiger partial charge on any atom is -0.508 e. The smallest absolute Gasteiger partial charge is 0.262 e. The van der Waals surface area contributed by atoms with Crippen molar-refractivity contribution in [2.45, 2.75) is 6.54 Å². The number of phenolic OH excluding ortho intramolecular Hbond substituents is 2. The third-order valence-electron chi connectivity index (χ3n) is 5.16. The lowest BCUT2D eigenvalue weighted by atomic mass is 10.1. The summed E-state index contributed by atoms with van der Waals surface area (Å²) in [6, 6.07) is 19.7. The van der Waals surface area contributed by atoms with Gasteiger partial charge in [0.15, 0.2) is 6.61 Å². The molecule has 0 atom stereocenters. The van der Waals surface area contributed by atoms with Gasteiger partial charge in [-0.25, -0.2) is 4.68 Å². The first-order chi connectivity index (χ1) is 16.6. The Kier molecular flexibility index (Phi) is 5.84. The molecular formula is C25H20N4O4S. The molecule has 8 nitrogen and oxygen atoms in total. The number of nitrogens with one attached hydrogen (secondary N) is 1. The number of rotatable bonds is 5. The number of hydrogen-bond acceptors (Lipinski definition) is 7. The van der Waals surface area contributed by atoms with Crippen molar-refractivity contribution in [2.24, 2.45) is 10.1 Å². The Morgan fingerprint density at radius 3 is 2.76 bits per heavy atom. The van der Waals surface area contributed by atoms with Crippen molar-refractivity contribution in [3.8, 4) is 28.5 Å². The highest BCUT2D eigenvalue weighted by atomic mass is 32.1. The van der Waals surface area contributed by atoms with Gasteiger partial charge in [0.05, 0.1) is 24.1 Å². The first-order valence-corrected chi connectivity index (χ1v) is 11.3. The van der Waals surface area contributed by atoms with Crippen LogP contribution in [0.5, 0.6) is 17.2 Å². The second-order valence-electron chi connectivity index (χ2n) is 7.55. The van der Waals surface area contributed by atoms with E-state index in [-0.39, 0.29) is 24.0 Å². The third-order valence-corrected chi connectivity index (χ3v) is 6.01. The monoisotopic (exact) mass is 472 g/mol. The summed E-state index contributed by atoms with van der Waals surface area (Å²) >= 11 is 1.43. The number of phenols is 2. The Morgan fingerprint density at radius 2 is 1.94 bits per heavy atom. The molecule has 0 unspecified atom stereocenters. The largest absolute Gasteiger partial charge is 0.508 e. The zero-order chi connectivity index (χ0) is 23.5. The average molecular weight is 473 g/mol. The fraction of sp³-hybridized carbons (Fsp3) is 0.0800. The van der Waals surface area contributed by atoms with Gasteiger partial charge in [-0.1, -0.05) is 30.3 Å². The van der Waals surface area contributed by atoms with Crippen LogP contribution < -0.4 is 14.9 Å². The quantitative estimate of drug-likeness (QED) is 0.382. The van der Waals surface area contributed by atoms with Gasteiger partial charge >= 0.3 is 0 Å². The number of amides is 1. The van der Waals surface area contributed by atoms with Crippen molar-refractivity contribution < 1.29 is 19.7 Å². The van der Waals surface area contributed by atoms with Crippen molar-refractivity contribution in [1.82, 2.24) is 4.68 Å². The molecular weight excluding hydrogens is 452 g/mol. The maximum Gasteiger partial charge on any atom is 0.262 e. The molecule has 9 heteroatoms. The van der Waals surface area contributed by atoms with Crippen LogP contribution in [0.1, 0.15) is 11.1 Å². The van der Waals surface area contributed by atoms with E-state index in [1.165, 1.54) is 29.7 Å². The number of carbonyl (C=O) groups is 1. The number of carbonyl (C=O) groups excluding carboxylic acids is 1. The SMILES string of the molecule is O=C1COc2ccc(-c3csc(=NCc4ccccc4)n3N=Cc3ccc(O)cc3O)cc2N1. The highest BCUT2D eigenvalue weighted by Crippen LogP contribution is 2.33. The van der Waals surface area contributed by atoms with Crippen molar-refractivity contribution in [3.05, 3.63) is 88.0 Å². The van der Waals surface area contributed by atoms with Gasteiger partial charge in [0.2, 0.25) is 4.80 Å². The summed E-state index contributed by atoms with van der Waals surface area (Å²) in [5.74, 6) is 0.284. The molecule has 2 heterocycles. The third kappa shape index (κ3) is 4.55. The fourth-order valence-electron chi connectivity index (χ4n) is 3.46. The van der Waals surface area contributed by atoms with Crippen molar-refractivity contribution >= 4 is 29.1 Å². The van der Waals surface area contributed by atoms with Gasteiger partial charge in [0, 0.05) is 22.6 Å². The van der Waals surface area contributed by atoms with Gasteiger partial charge in [-0.2, -0.15) is 5.10 Å². The molecule has 1 aromatic heterocycles. The Bertz CT molecular complexity index is 1460. The summed E-state index contributed by atoms with van der Waals surface area (Å²) in [6.45, 7) is 0.475. The van der Waals surface area contributed by atoms with Gasteiger partial charge < -0.3 is 20.3 Å². The molecule has 170 valence electrons. The van der Waals surface area contributed by atoms with E-state index < -0.39 is 0 Å². The van der Waals surface area contributed by atoms with Crippen LogP contribution in [-0.2, 0) is 11.3 Å². The molecule has 1 aliphatic rings. The first kappa shape index (κ1) is 21.5. The van der Waals surface area contributed by atoms with E-state index in [1.807, 2.05) is 53.9 Å². The van der Waals surface area contributed by atoms with Crippen LogP contribution in [0.4, 0.5) is 5.69 Å². The van der Waals surface area contributed by atoms with Crippen molar-refractivity contribution in [3.63, 3.8) is 0 Å². The Morgan fingerprint density at radius 1 is 1.09 bits per heavy atom. The molecule has 0 saturated heterocycles. The lowest BCUT2D eigenvalue weighted by Crippen LogP contribution is -2.25. The van der Waals surface area contributed by atoms with Crippen LogP contribution >= 0.6 is 11.3 Å². The zero-order valence-electron chi connectivity index (χ0n) is 17.9. The van der Waals surface area contributed by atoms with Crippen LogP contribution in [0, 0.1) is 0 Å². The van der Waals surface area contributed by atoms with E-state index >= 15 is 0 Å². The summed E-state index contributed by atoms with van der Waals surface area (Å²) in [6.07, 6.45) is 1.51. The maximum absolute atomic E-state index is 11.8. The van der Waals surface area contributed by atoms with Gasteiger partial charge in [-0.3, -0.25) is 9.79 Å². The van der Waals surface area contributed by atoms with Crippen LogP contribution in [-0.4, -0.2) is 33.6 Å². The number of aromatic hydroxyl groups is 2. The lowest BCUT2D eigenvalue weighted by Gasteiger charge is -2.18. The molecule has 0 radical (unpaired) electrons. The molecule has 0 fully saturated rings. The van der Waals surface area contributed by atoms with Crippen molar-refractivity contribution in [1.29, 1.82) is 0 Å². The molecule has 5 rings (SSSR count). The van der Waals surface area contributed by atoms with Crippen LogP contribution in [0.25, 0.3) is 11.3 Å². The molecule has 0 saturated carbocycles. The Labute approximate surface area is 198 Å². The molecule has 4 aromatic rings. The Hall–Kier alpha value is -4.37. The number of thiazole rings is 1. The predicted molar refractivity (Wildman–Crippen MR) is 130 cm³/mol. The Balaban J connectivity index is 1.58. The summed E-state index contributed by atoms with van der Waals surface area (Å²) < 4.78 is 7.15. The summed E-state index contributed by atoms with van der Waals surface area (Å²) in [5, 5.41) is 29.1. The topological polar surface area (TPSA) is 108 Å². The molecule has 0 bridgehead atoms. The normalized spacial score (nSPS) is 13.5. The standard InChI is InChI=1S/C25H20N4O4S/c30-19-8-6-18(22(31)11-19)13-27-29-21(15-34-25(29)26-12-16-4-2-1-3-5-16)17-7-9-23-20(10-17)28-24(32)14-33-23/h1-11,13,15,30-31H,12,14H2,(H,28,32). The van der Waals surface area contributed by atoms with E-state index in [9.17, 15) is 15.0 Å². The van der Waals surface area contributed by atoms with Gasteiger partial charge in [0.1, 0.15) is 17.2 Å². The number of hydrogen-bond donors (Lipinski definition) is 3. The number of ether oxygens (including phenoxy) is 1. The summed E-state index contributed by atoms with van der Waals surface area (Å²) in [7, 11) is 0. The number of nitrogens with zero attached hydrogens (tertiary/aromatic N) is 3. The molecule has 3 aromatic carbocycles. The minimum absolute atomic E-state index is 0.00622. The van der Waals surface area contributed by atoms with Gasteiger partial charge in [-0.15, -0.1) is 11.3 Å². The van der Waals surface area contributed by atoms with E-state index in [0.717, 1.165) is 16.8 Å². The molecule has 34 heavy (non-hydrogen) atoms. The summed E-state index contributed by atoms with van der Waals surface area (Å²) in [4.78, 5) is 17.2. The molecule has 1 amide bonds. The maximum atomic E-state index is 11.8. The van der Waals surface area contributed by atoms with Gasteiger partial charge in [0.25, 0.3) is 5.91 Å². The molecule has 1 aliphatic heterocycles. The first-order valence-electron chi connectivity index (χ1n) is 10.5. The van der Waals surface area contributed by atoms with E-state index in [0.29, 0.717) is 28.3 Å². The number of benzene rings is 3. The lowest BCUT2D eigenvalue weighted by molar-refractivity contribution is -0.118. The summed E-state index contributed by atoms with van der Waals surface area (Å²) in [5.41, 5.74) is 3.68. The van der Waals surface area contributed by atoms with E-state index in [4.69, 9.17) is 9.73 Å². The number of aromatic nitrogens is 1. The minimum atomic E-state index is -0.206. The predicted octanol–water partition coefficient (Wildman–Crippen LogP) is 3.94. The molecule has 3 N–H and O–H groups in total. The molecule has 0 aliphatic carbocycles. The fourth-order valence-corrected chi connectivity index (χ4v) is 4.30. The number of fused-ring (bicyclic) bond motifs is 1. The zero-order valence-corrected chi connectivity index (χ0v) is 18.7. The highest BCUT2D eigenvalue weighted by molar-refractivity contribution is 7.07. The number of anilines is 1. The molecule has 0 spiro atoms. The second kappa shape index (κ2) is 9.24. The second-order valence-corrected chi connectivity index (χ2v) is 8.39. The van der Waals surface area contributed by atoms with Gasteiger partial charge in [-0.05, 0) is 35.9 Å². The van der Waals surface area contributed by atoms with E-state index in [2.05, 4.69) is 10.4 Å². The van der Waals surface area contributed by atoms with Crippen molar-refractivity contribution in [2.75, 3.05) is 11.9 Å². The van der Waals surface area contributed by atoms with Crippen LogP contribution in [0.15, 0.2) is 82.2 Å². The van der Waals surface area contributed by atoms with Crippen LogP contribution in [0.2, 0.25) is 0 Å².